The van der Waals surface area contributed by atoms with E-state index >= 15 is 0 Å². The molecule has 72 valence electrons. The second-order valence-corrected chi connectivity index (χ2v) is 3.41. The lowest BCUT2D eigenvalue weighted by molar-refractivity contribution is -0.0219. The second-order valence-electron chi connectivity index (χ2n) is 3.41. The highest BCUT2D eigenvalue weighted by molar-refractivity contribution is 5.65. The average Bonchev–Trinajstić information content (AvgIpc) is 2.45. The van der Waals surface area contributed by atoms with Gasteiger partial charge in [0.05, 0.1) is 0 Å². The zero-order chi connectivity index (χ0) is 9.71. The Hall–Kier alpha value is -1.62. The van der Waals surface area contributed by atoms with Crippen LogP contribution >= 0.6 is 0 Å². The Kier molecular flexibility index (Phi) is 1.36. The summed E-state index contributed by atoms with van der Waals surface area (Å²) >= 11 is 0. The molecule has 1 aliphatic heterocycles. The largest absolute Gasteiger partial charge is 0.446 e. The van der Waals surface area contributed by atoms with Crippen LogP contribution in [0.3, 0.4) is 0 Å². The van der Waals surface area contributed by atoms with E-state index in [1.54, 1.807) is 4.52 Å². The molecule has 0 radical (unpaired) electrons. The number of aromatic nitrogens is 3. The molecule has 0 aliphatic carbocycles. The molecule has 1 unspecified atom stereocenters. The van der Waals surface area contributed by atoms with Gasteiger partial charge in [-0.2, -0.15) is 10.1 Å². The molecule has 1 atom stereocenters. The summed E-state index contributed by atoms with van der Waals surface area (Å²) in [5.41, 5.74) is 2.93. The van der Waals surface area contributed by atoms with Gasteiger partial charge in [0.1, 0.15) is 11.8 Å². The summed E-state index contributed by atoms with van der Waals surface area (Å²) in [7, 11) is 0. The zero-order valence-corrected chi connectivity index (χ0v) is 7.64. The minimum Gasteiger partial charge on any atom is -0.446 e. The fourth-order valence-corrected chi connectivity index (χ4v) is 1.86. The van der Waals surface area contributed by atoms with Gasteiger partial charge < -0.3 is 9.84 Å². The molecule has 0 spiro atoms. The molecule has 0 saturated heterocycles. The number of aryl methyl sites for hydroxylation is 1. The van der Waals surface area contributed by atoms with Crippen LogP contribution in [0, 0.1) is 6.92 Å². The maximum Gasteiger partial charge on any atom is 0.244 e. The molecule has 0 fully saturated rings. The van der Waals surface area contributed by atoms with Gasteiger partial charge in [-0.25, -0.2) is 4.52 Å². The molecule has 5 nitrogen and oxygen atoms in total. The Labute approximate surface area is 80.0 Å². The van der Waals surface area contributed by atoms with Crippen molar-refractivity contribution in [1.29, 1.82) is 0 Å². The molecule has 2 aromatic heterocycles. The maximum atomic E-state index is 9.42. The number of hydrogen-bond acceptors (Lipinski definition) is 4. The second kappa shape index (κ2) is 2.45. The first-order valence-corrected chi connectivity index (χ1v) is 4.42. The van der Waals surface area contributed by atoms with Crippen LogP contribution in [0.15, 0.2) is 12.4 Å². The molecule has 0 amide bonds. The minimum atomic E-state index is -0.789. The third-order valence-corrected chi connectivity index (χ3v) is 2.42. The molecule has 0 bridgehead atoms. The van der Waals surface area contributed by atoms with Gasteiger partial charge >= 0.3 is 0 Å². The summed E-state index contributed by atoms with van der Waals surface area (Å²) in [6.45, 7) is 1.96. The molecule has 3 rings (SSSR count). The number of rotatable bonds is 0. The van der Waals surface area contributed by atoms with E-state index in [-0.39, 0.29) is 0 Å². The topological polar surface area (TPSA) is 59.7 Å². The molecule has 2 aromatic rings. The van der Waals surface area contributed by atoms with E-state index in [9.17, 15) is 5.11 Å². The number of nitrogens with zero attached hydrogens (tertiary/aromatic N) is 3. The normalized spacial score (nSPS) is 19.7. The highest BCUT2D eigenvalue weighted by Crippen LogP contribution is 2.29. The summed E-state index contributed by atoms with van der Waals surface area (Å²) in [5.74, 6) is 0.460. The van der Waals surface area contributed by atoms with Gasteiger partial charge in [0.2, 0.25) is 12.2 Å². The SMILES string of the molecule is Cc1cc2c3c(ncnn13)OC(O)C2. The molecule has 1 N–H and O–H groups in total. The lowest BCUT2D eigenvalue weighted by Crippen LogP contribution is -2.23. The lowest BCUT2D eigenvalue weighted by Gasteiger charge is -2.17. The first-order valence-electron chi connectivity index (χ1n) is 4.42. The standard InChI is InChI=1S/C9H9N3O2/c1-5-2-6-3-7(13)14-9-8(6)12(5)11-4-10-9/h2,4,7,13H,3H2,1H3. The number of aliphatic hydroxyl groups is 1. The van der Waals surface area contributed by atoms with E-state index in [2.05, 4.69) is 10.1 Å². The van der Waals surface area contributed by atoms with Crippen LogP contribution in [-0.2, 0) is 6.42 Å². The van der Waals surface area contributed by atoms with Crippen molar-refractivity contribution in [1.82, 2.24) is 14.6 Å². The van der Waals surface area contributed by atoms with Crippen molar-refractivity contribution in [2.24, 2.45) is 0 Å². The van der Waals surface area contributed by atoms with Gasteiger partial charge in [-0.1, -0.05) is 0 Å². The predicted molar refractivity (Wildman–Crippen MR) is 48.1 cm³/mol. The highest BCUT2D eigenvalue weighted by atomic mass is 16.6. The van der Waals surface area contributed by atoms with Crippen LogP contribution in [0.5, 0.6) is 5.88 Å². The van der Waals surface area contributed by atoms with Crippen molar-refractivity contribution < 1.29 is 9.84 Å². The fraction of sp³-hybridized carbons (Fsp3) is 0.333. The Morgan fingerprint density at radius 3 is 3.36 bits per heavy atom. The molecule has 14 heavy (non-hydrogen) atoms. The number of hydrogen-bond donors (Lipinski definition) is 1. The predicted octanol–water partition coefficient (Wildman–Crippen LogP) is 0.291. The maximum absolute atomic E-state index is 9.42. The van der Waals surface area contributed by atoms with Crippen LogP contribution in [-0.4, -0.2) is 26.0 Å². The van der Waals surface area contributed by atoms with E-state index in [1.165, 1.54) is 6.33 Å². The first kappa shape index (κ1) is 7.75. The smallest absolute Gasteiger partial charge is 0.244 e. The molecule has 5 heteroatoms. The molecule has 0 aromatic carbocycles. The molecular formula is C9H9N3O2. The molecule has 1 aliphatic rings. The monoisotopic (exact) mass is 191 g/mol. The number of aliphatic hydroxyl groups excluding tert-OH is 1. The van der Waals surface area contributed by atoms with Crippen LogP contribution in [0.1, 0.15) is 11.3 Å². The van der Waals surface area contributed by atoms with Gasteiger partial charge in [0, 0.05) is 12.1 Å². The quantitative estimate of drug-likeness (QED) is 0.650. The Morgan fingerprint density at radius 1 is 1.64 bits per heavy atom. The summed E-state index contributed by atoms with van der Waals surface area (Å²) < 4.78 is 6.98. The van der Waals surface area contributed by atoms with Crippen LogP contribution in [0.25, 0.3) is 5.52 Å². The Balaban J connectivity index is 2.41. The van der Waals surface area contributed by atoms with Gasteiger partial charge in [-0.05, 0) is 18.6 Å². The van der Waals surface area contributed by atoms with E-state index in [0.29, 0.717) is 12.3 Å². The van der Waals surface area contributed by atoms with Crippen molar-refractivity contribution >= 4 is 5.52 Å². The molecule has 3 heterocycles. The van der Waals surface area contributed by atoms with Crippen molar-refractivity contribution in [3.63, 3.8) is 0 Å². The van der Waals surface area contributed by atoms with Gasteiger partial charge in [-0.3, -0.25) is 0 Å². The average molecular weight is 191 g/mol. The number of ether oxygens (including phenoxy) is 1. The van der Waals surface area contributed by atoms with Crippen molar-refractivity contribution in [3.8, 4) is 5.88 Å². The summed E-state index contributed by atoms with van der Waals surface area (Å²) in [4.78, 5) is 3.99. The van der Waals surface area contributed by atoms with E-state index in [1.807, 2.05) is 13.0 Å². The molecular weight excluding hydrogens is 182 g/mol. The third-order valence-electron chi connectivity index (χ3n) is 2.42. The van der Waals surface area contributed by atoms with Crippen molar-refractivity contribution in [2.45, 2.75) is 19.6 Å². The third kappa shape index (κ3) is 0.871. The summed E-state index contributed by atoms with van der Waals surface area (Å²) in [5, 5.41) is 13.5. The molecule has 0 saturated carbocycles. The van der Waals surface area contributed by atoms with E-state index < -0.39 is 6.29 Å². The fourth-order valence-electron chi connectivity index (χ4n) is 1.86. The van der Waals surface area contributed by atoms with Crippen molar-refractivity contribution in [3.05, 3.63) is 23.7 Å². The van der Waals surface area contributed by atoms with Gasteiger partial charge in [0.25, 0.3) is 0 Å². The first-order chi connectivity index (χ1) is 6.75. The van der Waals surface area contributed by atoms with Crippen LogP contribution in [0.2, 0.25) is 0 Å². The zero-order valence-electron chi connectivity index (χ0n) is 7.64. The highest BCUT2D eigenvalue weighted by Gasteiger charge is 2.23. The van der Waals surface area contributed by atoms with E-state index in [0.717, 1.165) is 16.8 Å². The Bertz CT molecular complexity index is 506. The lowest BCUT2D eigenvalue weighted by atomic mass is 10.1. The summed E-state index contributed by atoms with van der Waals surface area (Å²) in [6.07, 6.45) is 1.14. The van der Waals surface area contributed by atoms with Crippen LogP contribution < -0.4 is 4.74 Å². The van der Waals surface area contributed by atoms with Crippen LogP contribution in [0.4, 0.5) is 0 Å². The summed E-state index contributed by atoms with van der Waals surface area (Å²) in [6, 6.07) is 2.00. The van der Waals surface area contributed by atoms with E-state index in [4.69, 9.17) is 4.74 Å². The van der Waals surface area contributed by atoms with Gasteiger partial charge in [-0.15, -0.1) is 0 Å². The van der Waals surface area contributed by atoms with Gasteiger partial charge in [0.15, 0.2) is 0 Å². The van der Waals surface area contributed by atoms with Crippen molar-refractivity contribution in [2.75, 3.05) is 0 Å². The Morgan fingerprint density at radius 2 is 2.50 bits per heavy atom. The minimum absolute atomic E-state index is 0.460.